The molecule has 0 fully saturated rings. The third-order valence-electron chi connectivity index (χ3n) is 3.25. The second-order valence-corrected chi connectivity index (χ2v) is 4.48. The van der Waals surface area contributed by atoms with Crippen LogP contribution in [0.25, 0.3) is 0 Å². The lowest BCUT2D eigenvalue weighted by Gasteiger charge is -2.12. The summed E-state index contributed by atoms with van der Waals surface area (Å²) in [4.78, 5) is 4.36. The highest BCUT2D eigenvalue weighted by atomic mass is 15.3. The minimum atomic E-state index is -0.0597. The first-order valence-corrected chi connectivity index (χ1v) is 6.44. The predicted molar refractivity (Wildman–Crippen MR) is 71.1 cm³/mol. The number of hydrogen-bond donors (Lipinski definition) is 1. The van der Waals surface area contributed by atoms with Crippen molar-refractivity contribution in [3.8, 4) is 0 Å². The lowest BCUT2D eigenvalue weighted by atomic mass is 10.1. The van der Waals surface area contributed by atoms with Crippen molar-refractivity contribution in [3.05, 3.63) is 35.7 Å². The van der Waals surface area contributed by atoms with Gasteiger partial charge in [-0.15, -0.1) is 0 Å². The third-order valence-corrected chi connectivity index (χ3v) is 3.25. The maximum Gasteiger partial charge on any atom is 0.110 e. The number of hydrogen-bond acceptors (Lipinski definition) is 3. The molecule has 0 spiro atoms. The number of rotatable bonds is 5. The van der Waals surface area contributed by atoms with E-state index < -0.39 is 0 Å². The smallest absolute Gasteiger partial charge is 0.110 e. The van der Waals surface area contributed by atoms with E-state index in [1.807, 2.05) is 24.1 Å². The van der Waals surface area contributed by atoms with Crippen LogP contribution in [0.4, 0.5) is 0 Å². The maximum atomic E-state index is 6.26. The maximum absolute atomic E-state index is 6.26. The van der Waals surface area contributed by atoms with E-state index in [-0.39, 0.29) is 6.04 Å². The van der Waals surface area contributed by atoms with Crippen LogP contribution in [-0.2, 0) is 26.4 Å². The van der Waals surface area contributed by atoms with Crippen LogP contribution < -0.4 is 5.73 Å². The zero-order valence-electron chi connectivity index (χ0n) is 11.3. The number of nitrogens with two attached hydrogens (primary N) is 1. The van der Waals surface area contributed by atoms with Crippen LogP contribution in [0.5, 0.6) is 0 Å². The van der Waals surface area contributed by atoms with Crippen LogP contribution in [-0.4, -0.2) is 19.3 Å². The van der Waals surface area contributed by atoms with Crippen LogP contribution >= 0.6 is 0 Å². The molecule has 0 radical (unpaired) electrons. The quantitative estimate of drug-likeness (QED) is 0.869. The summed E-state index contributed by atoms with van der Waals surface area (Å²) >= 11 is 0. The summed E-state index contributed by atoms with van der Waals surface area (Å²) in [7, 11) is 1.95. The molecule has 1 unspecified atom stereocenters. The van der Waals surface area contributed by atoms with Crippen molar-refractivity contribution in [1.82, 2.24) is 19.3 Å². The van der Waals surface area contributed by atoms with Gasteiger partial charge in [0.1, 0.15) is 5.82 Å². The normalized spacial score (nSPS) is 12.9. The van der Waals surface area contributed by atoms with Gasteiger partial charge in [0.05, 0.1) is 17.4 Å². The Morgan fingerprint density at radius 2 is 2.17 bits per heavy atom. The fourth-order valence-corrected chi connectivity index (χ4v) is 2.18. The van der Waals surface area contributed by atoms with Crippen molar-refractivity contribution in [3.63, 3.8) is 0 Å². The summed E-state index contributed by atoms with van der Waals surface area (Å²) in [6, 6.07) is 2.03. The van der Waals surface area contributed by atoms with Gasteiger partial charge in [-0.2, -0.15) is 5.10 Å². The van der Waals surface area contributed by atoms with Crippen molar-refractivity contribution in [2.45, 2.75) is 39.3 Å². The summed E-state index contributed by atoms with van der Waals surface area (Å²) in [5, 5.41) is 4.43. The Bertz CT molecular complexity index is 511. The van der Waals surface area contributed by atoms with Crippen molar-refractivity contribution in [2.75, 3.05) is 0 Å². The van der Waals surface area contributed by atoms with Gasteiger partial charge in [0, 0.05) is 32.4 Å². The van der Waals surface area contributed by atoms with Gasteiger partial charge in [-0.1, -0.05) is 6.92 Å². The first kappa shape index (κ1) is 12.8. The molecule has 0 saturated heterocycles. The lowest BCUT2D eigenvalue weighted by molar-refractivity contribution is 0.579. The van der Waals surface area contributed by atoms with E-state index in [1.165, 1.54) is 0 Å². The van der Waals surface area contributed by atoms with E-state index in [0.29, 0.717) is 0 Å². The van der Waals surface area contributed by atoms with E-state index in [9.17, 15) is 0 Å². The molecule has 0 aliphatic heterocycles. The van der Waals surface area contributed by atoms with Gasteiger partial charge in [0.25, 0.3) is 0 Å². The molecule has 98 valence electrons. The van der Waals surface area contributed by atoms with E-state index in [2.05, 4.69) is 34.6 Å². The van der Waals surface area contributed by atoms with Crippen LogP contribution in [0.1, 0.15) is 37.1 Å². The topological polar surface area (TPSA) is 61.7 Å². The Morgan fingerprint density at radius 1 is 1.39 bits per heavy atom. The molecular formula is C13H21N5. The fourth-order valence-electron chi connectivity index (χ4n) is 2.18. The average molecular weight is 247 g/mol. The van der Waals surface area contributed by atoms with Gasteiger partial charge in [-0.25, -0.2) is 4.98 Å². The summed E-state index contributed by atoms with van der Waals surface area (Å²) in [5.41, 5.74) is 8.42. The van der Waals surface area contributed by atoms with Gasteiger partial charge in [-0.3, -0.25) is 4.68 Å². The summed E-state index contributed by atoms with van der Waals surface area (Å²) in [5.74, 6) is 1.03. The highest BCUT2D eigenvalue weighted by molar-refractivity contribution is 5.15. The largest absolute Gasteiger partial charge is 0.335 e. The highest BCUT2D eigenvalue weighted by Crippen LogP contribution is 2.16. The van der Waals surface area contributed by atoms with Gasteiger partial charge in [0.2, 0.25) is 0 Å². The molecule has 2 aromatic rings. The van der Waals surface area contributed by atoms with Gasteiger partial charge in [-0.05, 0) is 19.4 Å². The number of aromatic nitrogens is 4. The van der Waals surface area contributed by atoms with Crippen molar-refractivity contribution < 1.29 is 0 Å². The van der Waals surface area contributed by atoms with Crippen molar-refractivity contribution in [1.29, 1.82) is 0 Å². The summed E-state index contributed by atoms with van der Waals surface area (Å²) in [6.45, 7) is 5.13. The fraction of sp³-hybridized carbons (Fsp3) is 0.538. The second-order valence-electron chi connectivity index (χ2n) is 4.48. The van der Waals surface area contributed by atoms with Gasteiger partial charge >= 0.3 is 0 Å². The van der Waals surface area contributed by atoms with Gasteiger partial charge < -0.3 is 10.3 Å². The molecule has 0 aliphatic rings. The van der Waals surface area contributed by atoms with E-state index >= 15 is 0 Å². The molecule has 1 atom stereocenters. The minimum absolute atomic E-state index is 0.0597. The SMILES string of the molecule is CCc1cc(C(N)Cc2nccn2CC)n(C)n1. The lowest BCUT2D eigenvalue weighted by Crippen LogP contribution is -2.19. The molecule has 0 bridgehead atoms. The van der Waals surface area contributed by atoms with E-state index in [4.69, 9.17) is 5.73 Å². The third kappa shape index (κ3) is 2.46. The van der Waals surface area contributed by atoms with Crippen molar-refractivity contribution in [2.24, 2.45) is 12.8 Å². The highest BCUT2D eigenvalue weighted by Gasteiger charge is 2.15. The van der Waals surface area contributed by atoms with Gasteiger partial charge in [0.15, 0.2) is 0 Å². The predicted octanol–water partition coefficient (Wildman–Crippen LogP) is 1.44. The summed E-state index contributed by atoms with van der Waals surface area (Å²) in [6.07, 6.45) is 5.49. The Hall–Kier alpha value is -1.62. The van der Waals surface area contributed by atoms with Crippen molar-refractivity contribution >= 4 is 0 Å². The van der Waals surface area contributed by atoms with Crippen LogP contribution in [0.2, 0.25) is 0 Å². The summed E-state index contributed by atoms with van der Waals surface area (Å²) < 4.78 is 4.00. The zero-order valence-corrected chi connectivity index (χ0v) is 11.3. The first-order valence-electron chi connectivity index (χ1n) is 6.44. The Labute approximate surface area is 108 Å². The molecule has 0 saturated carbocycles. The molecule has 5 nitrogen and oxygen atoms in total. The second kappa shape index (κ2) is 5.35. The molecule has 2 aromatic heterocycles. The number of aryl methyl sites for hydroxylation is 3. The Balaban J connectivity index is 2.16. The van der Waals surface area contributed by atoms with E-state index in [0.717, 1.165) is 36.6 Å². The minimum Gasteiger partial charge on any atom is -0.335 e. The number of imidazole rings is 1. The molecule has 5 heteroatoms. The molecule has 2 rings (SSSR count). The molecule has 0 aliphatic carbocycles. The molecule has 2 N–H and O–H groups in total. The molecule has 18 heavy (non-hydrogen) atoms. The van der Waals surface area contributed by atoms with Crippen LogP contribution in [0.15, 0.2) is 18.5 Å². The molecule has 0 amide bonds. The Kier molecular flexibility index (Phi) is 3.81. The van der Waals surface area contributed by atoms with E-state index in [1.54, 1.807) is 0 Å². The Morgan fingerprint density at radius 3 is 2.78 bits per heavy atom. The zero-order chi connectivity index (χ0) is 13.1. The first-order chi connectivity index (χ1) is 8.65. The number of nitrogens with zero attached hydrogens (tertiary/aromatic N) is 4. The standard InChI is InChI=1S/C13H21N5/c1-4-10-8-12(17(3)16-10)11(14)9-13-15-6-7-18(13)5-2/h6-8,11H,4-5,9,14H2,1-3H3. The van der Waals surface area contributed by atoms with Crippen LogP contribution in [0, 0.1) is 0 Å². The molecule has 2 heterocycles. The molecular weight excluding hydrogens is 226 g/mol. The monoisotopic (exact) mass is 247 g/mol. The van der Waals surface area contributed by atoms with Crippen LogP contribution in [0.3, 0.4) is 0 Å². The average Bonchev–Trinajstić information content (AvgIpc) is 2.95. The molecule has 0 aromatic carbocycles.